The molecule has 0 aliphatic carbocycles. The van der Waals surface area contributed by atoms with Crippen LogP contribution in [0.5, 0.6) is 0 Å². The van der Waals surface area contributed by atoms with Gasteiger partial charge < -0.3 is 20.4 Å². The van der Waals surface area contributed by atoms with Crippen LogP contribution in [0.25, 0.3) is 0 Å². The van der Waals surface area contributed by atoms with Crippen LogP contribution in [-0.2, 0) is 9.59 Å². The van der Waals surface area contributed by atoms with Crippen molar-refractivity contribution in [2.75, 3.05) is 0 Å². The molecule has 4 N–H and O–H groups in total. The van der Waals surface area contributed by atoms with Crippen LogP contribution >= 0.6 is 0 Å². The van der Waals surface area contributed by atoms with Crippen LogP contribution < -0.4 is 0 Å². The Bertz CT molecular complexity index is 147. The summed E-state index contributed by atoms with van der Waals surface area (Å²) in [5, 5.41) is 32.5. The molecule has 0 aliphatic heterocycles. The van der Waals surface area contributed by atoms with Gasteiger partial charge >= 0.3 is 71.1 Å². The van der Waals surface area contributed by atoms with Crippen molar-refractivity contribution in [3.63, 3.8) is 0 Å². The summed E-state index contributed by atoms with van der Waals surface area (Å²) >= 11 is 0. The zero-order valence-corrected chi connectivity index (χ0v) is 5.17. The number of aliphatic hydroxyl groups excluding tert-OH is 2. The topological polar surface area (TPSA) is 115 Å². The average Bonchev–Trinajstić information content (AvgIpc) is 1.84. The van der Waals surface area contributed by atoms with E-state index in [0.717, 1.165) is 0 Å². The molecule has 2 atom stereocenters. The molecule has 0 aromatic heterocycles. The van der Waals surface area contributed by atoms with E-state index >= 15 is 0 Å². The molecule has 70 valence electrons. The van der Waals surface area contributed by atoms with E-state index in [1.54, 1.807) is 0 Å². The summed E-state index contributed by atoms with van der Waals surface area (Å²) in [6.07, 6.45) is -4.53. The van der Waals surface area contributed by atoms with Crippen molar-refractivity contribution >= 4 is 71.1 Å². The average molecular weight is 218 g/mol. The SMILES string of the molecule is F.O=C(O)C(O)C(O)C(=O)O.[NaH].[NaH]. The molecule has 6 nitrogen and oxygen atoms in total. The third-order valence-corrected chi connectivity index (χ3v) is 0.805. The first-order valence-corrected chi connectivity index (χ1v) is 2.28. The molecule has 13 heavy (non-hydrogen) atoms. The molecule has 0 fully saturated rings. The van der Waals surface area contributed by atoms with Gasteiger partial charge in [-0.25, -0.2) is 9.59 Å². The Morgan fingerprint density at radius 1 is 0.846 bits per heavy atom. The Morgan fingerprint density at radius 2 is 1.00 bits per heavy atom. The summed E-state index contributed by atoms with van der Waals surface area (Å²) in [5.74, 6) is -3.54. The van der Waals surface area contributed by atoms with Crippen molar-refractivity contribution in [2.45, 2.75) is 12.2 Å². The Labute approximate surface area is 117 Å². The summed E-state index contributed by atoms with van der Waals surface area (Å²) in [5.41, 5.74) is 0. The predicted octanol–water partition coefficient (Wildman–Crippen LogP) is -3.27. The maximum atomic E-state index is 9.77. The Kier molecular flexibility index (Phi) is 19.7. The van der Waals surface area contributed by atoms with Crippen molar-refractivity contribution in [2.24, 2.45) is 0 Å². The molecule has 0 heterocycles. The molecule has 0 saturated carbocycles. The van der Waals surface area contributed by atoms with Gasteiger partial charge in [0.25, 0.3) is 0 Å². The Morgan fingerprint density at radius 3 is 1.08 bits per heavy atom. The van der Waals surface area contributed by atoms with Crippen LogP contribution in [0.1, 0.15) is 0 Å². The van der Waals surface area contributed by atoms with E-state index in [0.29, 0.717) is 0 Å². The van der Waals surface area contributed by atoms with Crippen molar-refractivity contribution in [1.82, 2.24) is 0 Å². The number of halogens is 1. The maximum absolute atomic E-state index is 9.77. The number of carboxylic acids is 2. The van der Waals surface area contributed by atoms with Gasteiger partial charge in [-0.3, -0.25) is 4.70 Å². The monoisotopic (exact) mass is 218 g/mol. The number of aliphatic carboxylic acids is 2. The summed E-state index contributed by atoms with van der Waals surface area (Å²) in [7, 11) is 0. The minimum absolute atomic E-state index is 0. The number of carboxylic acid groups (broad SMARTS) is 2. The third kappa shape index (κ3) is 9.10. The molecule has 0 amide bonds. The van der Waals surface area contributed by atoms with E-state index in [9.17, 15) is 9.59 Å². The van der Waals surface area contributed by atoms with Crippen LogP contribution in [0, 0.1) is 0 Å². The summed E-state index contributed by atoms with van der Waals surface area (Å²) < 4.78 is 0. The van der Waals surface area contributed by atoms with E-state index < -0.39 is 24.1 Å². The second-order valence-electron chi connectivity index (χ2n) is 1.57. The van der Waals surface area contributed by atoms with Gasteiger partial charge in [-0.1, -0.05) is 0 Å². The van der Waals surface area contributed by atoms with Crippen molar-refractivity contribution in [3.05, 3.63) is 0 Å². The second kappa shape index (κ2) is 10.9. The summed E-state index contributed by atoms with van der Waals surface area (Å²) in [6, 6.07) is 0. The number of hydrogen-bond acceptors (Lipinski definition) is 4. The van der Waals surface area contributed by atoms with Gasteiger partial charge in [0, 0.05) is 0 Å². The van der Waals surface area contributed by atoms with Crippen LogP contribution in [0.3, 0.4) is 0 Å². The molecule has 0 aliphatic rings. The van der Waals surface area contributed by atoms with Gasteiger partial charge in [0.2, 0.25) is 0 Å². The van der Waals surface area contributed by atoms with Crippen LogP contribution in [-0.4, -0.2) is 104 Å². The fourth-order valence-corrected chi connectivity index (χ4v) is 0.270. The van der Waals surface area contributed by atoms with Gasteiger partial charge in [-0.05, 0) is 0 Å². The molecule has 0 saturated heterocycles. The van der Waals surface area contributed by atoms with E-state index in [1.807, 2.05) is 0 Å². The van der Waals surface area contributed by atoms with Gasteiger partial charge in [0.15, 0.2) is 12.2 Å². The minimum atomic E-state index is -2.27. The van der Waals surface area contributed by atoms with Crippen molar-refractivity contribution in [1.29, 1.82) is 0 Å². The number of hydrogen-bond donors (Lipinski definition) is 4. The first-order valence-electron chi connectivity index (χ1n) is 2.28. The molecule has 0 radical (unpaired) electrons. The third-order valence-electron chi connectivity index (χ3n) is 0.805. The Balaban J connectivity index is -0.000000135. The molecule has 0 aromatic carbocycles. The zero-order valence-electron chi connectivity index (χ0n) is 5.17. The molecule has 0 rings (SSSR count). The molecule has 0 spiro atoms. The van der Waals surface area contributed by atoms with Gasteiger partial charge in [0.05, 0.1) is 0 Å². The molecule has 2 unspecified atom stereocenters. The second-order valence-corrected chi connectivity index (χ2v) is 1.57. The first-order chi connectivity index (χ1) is 4.46. The standard InChI is InChI=1S/C4H6O6.FH.2Na.2H/c5-1(3(7)8)2(6)4(9)10;;;;;/h1-2,5-6H,(H,7,8)(H,9,10);1H;;;;. The summed E-state index contributed by atoms with van der Waals surface area (Å²) in [6.45, 7) is 0. The quantitative estimate of drug-likeness (QED) is 0.369. The van der Waals surface area contributed by atoms with Gasteiger partial charge in [-0.15, -0.1) is 0 Å². The van der Waals surface area contributed by atoms with Crippen LogP contribution in [0.15, 0.2) is 0 Å². The summed E-state index contributed by atoms with van der Waals surface area (Å²) in [4.78, 5) is 19.5. The van der Waals surface area contributed by atoms with E-state index in [1.165, 1.54) is 0 Å². The number of rotatable bonds is 3. The van der Waals surface area contributed by atoms with Gasteiger partial charge in [0.1, 0.15) is 0 Å². The normalized spacial score (nSPS) is 12.2. The first kappa shape index (κ1) is 23.5. The predicted molar refractivity (Wildman–Crippen MR) is 44.1 cm³/mol. The molecular formula is C4H9FNa2O6. The Hall–Kier alpha value is 0.790. The number of aliphatic hydroxyl groups is 2. The number of carbonyl (C=O) groups is 2. The van der Waals surface area contributed by atoms with Crippen molar-refractivity contribution < 1.29 is 34.7 Å². The zero-order chi connectivity index (χ0) is 8.31. The molecule has 0 bridgehead atoms. The molecule has 0 aromatic rings. The van der Waals surface area contributed by atoms with Crippen LogP contribution in [0.4, 0.5) is 4.70 Å². The molecule has 9 heteroatoms. The fourth-order valence-electron chi connectivity index (χ4n) is 0.270. The van der Waals surface area contributed by atoms with E-state index in [2.05, 4.69) is 0 Å². The van der Waals surface area contributed by atoms with Crippen LogP contribution in [0.2, 0.25) is 0 Å². The molecular weight excluding hydrogens is 209 g/mol. The van der Waals surface area contributed by atoms with E-state index in [-0.39, 0.29) is 63.8 Å². The van der Waals surface area contributed by atoms with Crippen molar-refractivity contribution in [3.8, 4) is 0 Å². The van der Waals surface area contributed by atoms with Gasteiger partial charge in [-0.2, -0.15) is 0 Å². The fraction of sp³-hybridized carbons (Fsp3) is 0.500. The van der Waals surface area contributed by atoms with E-state index in [4.69, 9.17) is 20.4 Å².